The largest absolute Gasteiger partial charge is 0.314 e. The first-order valence-corrected chi connectivity index (χ1v) is 6.78. The van der Waals surface area contributed by atoms with Crippen molar-refractivity contribution in [2.45, 2.75) is 25.3 Å². The van der Waals surface area contributed by atoms with Crippen LogP contribution in [-0.4, -0.2) is 36.1 Å². The molecule has 5 heteroatoms. The van der Waals surface area contributed by atoms with Crippen molar-refractivity contribution >= 4 is 24.8 Å². The Balaban J connectivity index is 0.000000902. The molecular weight excluding hydrogens is 281 g/mol. The van der Waals surface area contributed by atoms with Crippen LogP contribution in [0.25, 0.3) is 0 Å². The highest BCUT2D eigenvalue weighted by Crippen LogP contribution is 2.39. The van der Waals surface area contributed by atoms with Gasteiger partial charge in [0.2, 0.25) is 0 Å². The molecule has 1 aromatic rings. The summed E-state index contributed by atoms with van der Waals surface area (Å²) < 4.78 is 0. The zero-order valence-corrected chi connectivity index (χ0v) is 12.8. The molecule has 1 saturated carbocycles. The highest BCUT2D eigenvalue weighted by molar-refractivity contribution is 5.85. The van der Waals surface area contributed by atoms with Gasteiger partial charge in [0, 0.05) is 44.6 Å². The molecule has 2 heterocycles. The third-order valence-electron chi connectivity index (χ3n) is 3.94. The number of piperazine rings is 1. The van der Waals surface area contributed by atoms with E-state index in [0.29, 0.717) is 6.04 Å². The van der Waals surface area contributed by atoms with Gasteiger partial charge in [0.1, 0.15) is 0 Å². The van der Waals surface area contributed by atoms with Crippen molar-refractivity contribution in [3.05, 3.63) is 30.1 Å². The van der Waals surface area contributed by atoms with Gasteiger partial charge in [0.05, 0.1) is 0 Å². The predicted octanol–water partition coefficient (Wildman–Crippen LogP) is 2.67. The minimum absolute atomic E-state index is 0. The monoisotopic (exact) mass is 303 g/mol. The summed E-state index contributed by atoms with van der Waals surface area (Å²) in [5.41, 5.74) is 1.45. The Hall–Kier alpha value is -0.350. The fraction of sp³-hybridized carbons (Fsp3) is 0.643. The number of halogens is 2. The molecule has 0 unspecified atom stereocenters. The fourth-order valence-electron chi connectivity index (χ4n) is 2.74. The molecule has 1 aliphatic heterocycles. The Morgan fingerprint density at radius 3 is 2.37 bits per heavy atom. The summed E-state index contributed by atoms with van der Waals surface area (Å²) in [6.07, 6.45) is 8.07. The lowest BCUT2D eigenvalue weighted by atomic mass is 10.00. The number of hydrogen-bond acceptors (Lipinski definition) is 3. The fourth-order valence-corrected chi connectivity index (χ4v) is 2.74. The average molecular weight is 304 g/mol. The van der Waals surface area contributed by atoms with Gasteiger partial charge in [-0.1, -0.05) is 12.8 Å². The van der Waals surface area contributed by atoms with Gasteiger partial charge >= 0.3 is 0 Å². The quantitative estimate of drug-likeness (QED) is 0.927. The van der Waals surface area contributed by atoms with E-state index in [1.165, 1.54) is 37.9 Å². The highest BCUT2D eigenvalue weighted by Gasteiger charge is 2.30. The third-order valence-corrected chi connectivity index (χ3v) is 3.94. The summed E-state index contributed by atoms with van der Waals surface area (Å²) in [4.78, 5) is 6.78. The summed E-state index contributed by atoms with van der Waals surface area (Å²) in [6.45, 7) is 4.62. The summed E-state index contributed by atoms with van der Waals surface area (Å²) >= 11 is 0. The van der Waals surface area contributed by atoms with Gasteiger partial charge in [0.25, 0.3) is 0 Å². The number of pyridine rings is 1. The standard InChI is InChI=1S/C14H21N3.2ClH/c1-2-12(1)11-14(13-3-5-15-6-4-13)17-9-7-16-8-10-17;;/h3-6,12,14,16H,1-2,7-11H2;2*1H/t14-;;/m1../s1. The zero-order valence-electron chi connectivity index (χ0n) is 11.1. The van der Waals surface area contributed by atoms with Crippen LogP contribution in [0.5, 0.6) is 0 Å². The summed E-state index contributed by atoms with van der Waals surface area (Å²) in [6, 6.07) is 5.00. The SMILES string of the molecule is Cl.Cl.c1cc([C@@H](CC2CC2)N2CCNCC2)ccn1. The molecule has 19 heavy (non-hydrogen) atoms. The van der Waals surface area contributed by atoms with Crippen LogP contribution in [-0.2, 0) is 0 Å². The van der Waals surface area contributed by atoms with Gasteiger partial charge in [-0.05, 0) is 30.0 Å². The lowest BCUT2D eigenvalue weighted by molar-refractivity contribution is 0.160. The molecule has 2 fully saturated rings. The molecule has 3 rings (SSSR count). The van der Waals surface area contributed by atoms with E-state index in [0.717, 1.165) is 19.0 Å². The molecule has 1 atom stereocenters. The molecule has 1 aromatic heterocycles. The van der Waals surface area contributed by atoms with Gasteiger partial charge in [-0.2, -0.15) is 0 Å². The average Bonchev–Trinajstić information content (AvgIpc) is 3.22. The zero-order chi connectivity index (χ0) is 11.5. The molecule has 3 nitrogen and oxygen atoms in total. The predicted molar refractivity (Wildman–Crippen MR) is 83.3 cm³/mol. The maximum Gasteiger partial charge on any atom is 0.0352 e. The minimum atomic E-state index is 0. The van der Waals surface area contributed by atoms with Crippen molar-refractivity contribution in [1.29, 1.82) is 0 Å². The molecule has 1 aliphatic carbocycles. The molecule has 1 N–H and O–H groups in total. The van der Waals surface area contributed by atoms with Crippen molar-refractivity contribution in [2.24, 2.45) is 5.92 Å². The lowest BCUT2D eigenvalue weighted by Gasteiger charge is -2.35. The Bertz CT molecular complexity index is 351. The topological polar surface area (TPSA) is 28.2 Å². The van der Waals surface area contributed by atoms with E-state index in [4.69, 9.17) is 0 Å². The Morgan fingerprint density at radius 2 is 1.79 bits per heavy atom. The van der Waals surface area contributed by atoms with Crippen LogP contribution >= 0.6 is 24.8 Å². The first-order chi connectivity index (χ1) is 8.43. The van der Waals surface area contributed by atoms with E-state index in [2.05, 4.69) is 27.3 Å². The minimum Gasteiger partial charge on any atom is -0.314 e. The number of aromatic nitrogens is 1. The first kappa shape index (κ1) is 16.7. The molecular formula is C14H23Cl2N3. The summed E-state index contributed by atoms with van der Waals surface area (Å²) in [5, 5.41) is 3.44. The van der Waals surface area contributed by atoms with E-state index in [1.54, 1.807) is 0 Å². The number of nitrogens with one attached hydrogen (secondary N) is 1. The van der Waals surface area contributed by atoms with E-state index in [-0.39, 0.29) is 24.8 Å². The van der Waals surface area contributed by atoms with Crippen LogP contribution in [0.3, 0.4) is 0 Å². The maximum atomic E-state index is 4.14. The highest BCUT2D eigenvalue weighted by atomic mass is 35.5. The smallest absolute Gasteiger partial charge is 0.0352 e. The molecule has 0 radical (unpaired) electrons. The second kappa shape index (κ2) is 8.05. The van der Waals surface area contributed by atoms with Gasteiger partial charge in [-0.25, -0.2) is 0 Å². The number of nitrogens with zero attached hydrogens (tertiary/aromatic N) is 2. The van der Waals surface area contributed by atoms with Crippen molar-refractivity contribution in [2.75, 3.05) is 26.2 Å². The van der Waals surface area contributed by atoms with Crippen LogP contribution in [0, 0.1) is 5.92 Å². The maximum absolute atomic E-state index is 4.14. The number of hydrogen-bond donors (Lipinski definition) is 1. The summed E-state index contributed by atoms with van der Waals surface area (Å²) in [7, 11) is 0. The Morgan fingerprint density at radius 1 is 1.16 bits per heavy atom. The van der Waals surface area contributed by atoms with E-state index in [1.807, 2.05) is 12.4 Å². The first-order valence-electron chi connectivity index (χ1n) is 6.78. The van der Waals surface area contributed by atoms with Gasteiger partial charge in [-0.3, -0.25) is 9.88 Å². The van der Waals surface area contributed by atoms with Crippen LogP contribution in [0.15, 0.2) is 24.5 Å². The van der Waals surface area contributed by atoms with Crippen LogP contribution in [0.1, 0.15) is 30.9 Å². The Kier molecular flexibility index (Phi) is 7.08. The van der Waals surface area contributed by atoms with Crippen molar-refractivity contribution in [3.63, 3.8) is 0 Å². The van der Waals surface area contributed by atoms with Crippen LogP contribution < -0.4 is 5.32 Å². The van der Waals surface area contributed by atoms with Crippen molar-refractivity contribution in [1.82, 2.24) is 15.2 Å². The van der Waals surface area contributed by atoms with E-state index < -0.39 is 0 Å². The molecule has 1 saturated heterocycles. The lowest BCUT2D eigenvalue weighted by Crippen LogP contribution is -2.45. The van der Waals surface area contributed by atoms with Crippen molar-refractivity contribution in [3.8, 4) is 0 Å². The second-order valence-corrected chi connectivity index (χ2v) is 5.26. The van der Waals surface area contributed by atoms with E-state index >= 15 is 0 Å². The van der Waals surface area contributed by atoms with Gasteiger partial charge in [0.15, 0.2) is 0 Å². The van der Waals surface area contributed by atoms with Crippen LogP contribution in [0.4, 0.5) is 0 Å². The molecule has 0 aromatic carbocycles. The molecule has 108 valence electrons. The third kappa shape index (κ3) is 4.60. The van der Waals surface area contributed by atoms with Crippen molar-refractivity contribution < 1.29 is 0 Å². The Labute approximate surface area is 128 Å². The van der Waals surface area contributed by atoms with Crippen LogP contribution in [0.2, 0.25) is 0 Å². The van der Waals surface area contributed by atoms with E-state index in [9.17, 15) is 0 Å². The molecule has 0 spiro atoms. The molecule has 0 bridgehead atoms. The second-order valence-electron chi connectivity index (χ2n) is 5.26. The molecule has 0 amide bonds. The summed E-state index contributed by atoms with van der Waals surface area (Å²) in [5.74, 6) is 0.975. The van der Waals surface area contributed by atoms with Gasteiger partial charge < -0.3 is 5.32 Å². The molecule has 2 aliphatic rings. The number of rotatable bonds is 4. The normalized spacial score (nSPS) is 21.1. The van der Waals surface area contributed by atoms with Gasteiger partial charge in [-0.15, -0.1) is 24.8 Å².